The molecule has 0 bridgehead atoms. The van der Waals surface area contributed by atoms with Crippen molar-refractivity contribution in [3.05, 3.63) is 47.8 Å². The molecule has 0 aliphatic heterocycles. The number of benzene rings is 1. The molecule has 92 valence electrons. The van der Waals surface area contributed by atoms with Gasteiger partial charge in [-0.15, -0.1) is 0 Å². The number of rotatable bonds is 3. The lowest BCUT2D eigenvalue weighted by atomic mass is 10.1. The zero-order valence-corrected chi connectivity index (χ0v) is 9.84. The minimum absolute atomic E-state index is 0.171. The highest BCUT2D eigenvalue weighted by atomic mass is 16.4. The van der Waals surface area contributed by atoms with Crippen LogP contribution in [0.2, 0.25) is 0 Å². The molecule has 2 aromatic rings. The predicted octanol–water partition coefficient (Wildman–Crippen LogP) is 2.41. The molecule has 5 nitrogen and oxygen atoms in total. The molecule has 0 aliphatic carbocycles. The van der Waals surface area contributed by atoms with Gasteiger partial charge in [-0.05, 0) is 37.3 Å². The quantitative estimate of drug-likeness (QED) is 0.720. The van der Waals surface area contributed by atoms with Crippen LogP contribution in [0.15, 0.2) is 36.5 Å². The van der Waals surface area contributed by atoms with E-state index in [0.717, 1.165) is 5.69 Å². The molecule has 0 amide bonds. The maximum Gasteiger partial charge on any atom is 0.337 e. The van der Waals surface area contributed by atoms with Crippen molar-refractivity contribution in [2.75, 3.05) is 11.1 Å². The van der Waals surface area contributed by atoms with E-state index in [1.165, 1.54) is 6.07 Å². The molecule has 0 atom stereocenters. The van der Waals surface area contributed by atoms with Crippen molar-refractivity contribution in [3.63, 3.8) is 0 Å². The first-order chi connectivity index (χ1) is 8.56. The van der Waals surface area contributed by atoms with Gasteiger partial charge >= 0.3 is 5.97 Å². The molecule has 0 aliphatic rings. The molecule has 1 aromatic carbocycles. The molecule has 0 saturated carbocycles. The van der Waals surface area contributed by atoms with Crippen molar-refractivity contribution in [2.45, 2.75) is 6.92 Å². The van der Waals surface area contributed by atoms with E-state index in [9.17, 15) is 4.79 Å². The maximum absolute atomic E-state index is 11.1. The van der Waals surface area contributed by atoms with Crippen LogP contribution in [-0.4, -0.2) is 16.1 Å². The molecule has 5 heteroatoms. The fourth-order valence-electron chi connectivity index (χ4n) is 1.55. The van der Waals surface area contributed by atoms with E-state index in [1.54, 1.807) is 18.3 Å². The maximum atomic E-state index is 11.1. The van der Waals surface area contributed by atoms with E-state index in [1.807, 2.05) is 19.1 Å². The molecule has 1 heterocycles. The third-order valence-electron chi connectivity index (χ3n) is 2.46. The summed E-state index contributed by atoms with van der Waals surface area (Å²) < 4.78 is 0. The zero-order chi connectivity index (χ0) is 13.1. The summed E-state index contributed by atoms with van der Waals surface area (Å²) in [4.78, 5) is 15.2. The number of carboxylic acids is 1. The van der Waals surface area contributed by atoms with Crippen LogP contribution >= 0.6 is 0 Å². The number of nitrogen functional groups attached to an aromatic ring is 1. The Morgan fingerprint density at radius 1 is 1.33 bits per heavy atom. The summed E-state index contributed by atoms with van der Waals surface area (Å²) >= 11 is 0. The fraction of sp³-hybridized carbons (Fsp3) is 0.0769. The Morgan fingerprint density at radius 3 is 2.72 bits per heavy atom. The number of aromatic nitrogens is 1. The lowest BCUT2D eigenvalue weighted by molar-refractivity contribution is 0.0698. The van der Waals surface area contributed by atoms with Gasteiger partial charge in [0, 0.05) is 11.4 Å². The van der Waals surface area contributed by atoms with Gasteiger partial charge in [-0.1, -0.05) is 0 Å². The van der Waals surface area contributed by atoms with Gasteiger partial charge in [0.05, 0.1) is 23.1 Å². The van der Waals surface area contributed by atoms with Crippen molar-refractivity contribution in [1.82, 2.24) is 4.98 Å². The van der Waals surface area contributed by atoms with Crippen LogP contribution in [0.1, 0.15) is 16.1 Å². The average Bonchev–Trinajstić information content (AvgIpc) is 2.32. The number of carbonyl (C=O) groups is 1. The third-order valence-corrected chi connectivity index (χ3v) is 2.46. The third kappa shape index (κ3) is 2.57. The molecule has 0 spiro atoms. The van der Waals surface area contributed by atoms with Gasteiger partial charge in [-0.3, -0.25) is 4.98 Å². The van der Waals surface area contributed by atoms with Crippen LogP contribution < -0.4 is 11.1 Å². The number of hydrogen-bond acceptors (Lipinski definition) is 4. The molecule has 4 N–H and O–H groups in total. The SMILES string of the molecule is Cc1ccc(Nc2cc(N)ccc2C(=O)O)cn1. The Balaban J connectivity index is 2.35. The molecule has 0 unspecified atom stereocenters. The van der Waals surface area contributed by atoms with Gasteiger partial charge in [-0.25, -0.2) is 4.79 Å². The first kappa shape index (κ1) is 11.9. The Labute approximate surface area is 104 Å². The zero-order valence-electron chi connectivity index (χ0n) is 9.84. The first-order valence-corrected chi connectivity index (χ1v) is 5.39. The second kappa shape index (κ2) is 4.75. The minimum atomic E-state index is -1.00. The van der Waals surface area contributed by atoms with E-state index < -0.39 is 5.97 Å². The Bertz CT molecular complexity index is 579. The van der Waals surface area contributed by atoms with Crippen molar-refractivity contribution < 1.29 is 9.90 Å². The highest BCUT2D eigenvalue weighted by molar-refractivity contribution is 5.96. The van der Waals surface area contributed by atoms with Crippen LogP contribution in [0.3, 0.4) is 0 Å². The smallest absolute Gasteiger partial charge is 0.337 e. The lowest BCUT2D eigenvalue weighted by Gasteiger charge is -2.10. The summed E-state index contributed by atoms with van der Waals surface area (Å²) in [5.41, 5.74) is 8.39. The number of aromatic carboxylic acids is 1. The highest BCUT2D eigenvalue weighted by Crippen LogP contribution is 2.23. The normalized spacial score (nSPS) is 10.1. The van der Waals surface area contributed by atoms with Gasteiger partial charge < -0.3 is 16.2 Å². The molecule has 0 radical (unpaired) electrons. The molecule has 0 fully saturated rings. The van der Waals surface area contributed by atoms with E-state index in [0.29, 0.717) is 17.1 Å². The summed E-state index contributed by atoms with van der Waals surface area (Å²) in [5.74, 6) is -1.00. The molecule has 1 aromatic heterocycles. The summed E-state index contributed by atoms with van der Waals surface area (Å²) in [6.07, 6.45) is 1.64. The van der Waals surface area contributed by atoms with Crippen LogP contribution in [-0.2, 0) is 0 Å². The van der Waals surface area contributed by atoms with Crippen LogP contribution in [0, 0.1) is 6.92 Å². The number of carboxylic acid groups (broad SMARTS) is 1. The number of aryl methyl sites for hydroxylation is 1. The molecular weight excluding hydrogens is 230 g/mol. The summed E-state index contributed by atoms with van der Waals surface area (Å²) in [6.45, 7) is 1.88. The van der Waals surface area contributed by atoms with Gasteiger partial charge in [-0.2, -0.15) is 0 Å². The average molecular weight is 243 g/mol. The second-order valence-corrected chi connectivity index (χ2v) is 3.92. The molecule has 18 heavy (non-hydrogen) atoms. The van der Waals surface area contributed by atoms with Gasteiger partial charge in [0.25, 0.3) is 0 Å². The number of nitrogens with zero attached hydrogens (tertiary/aromatic N) is 1. The standard InChI is InChI=1S/C13H13N3O2/c1-8-2-4-10(7-15-8)16-12-6-9(14)3-5-11(12)13(17)18/h2-7,16H,14H2,1H3,(H,17,18). The van der Waals surface area contributed by atoms with Crippen LogP contribution in [0.25, 0.3) is 0 Å². The van der Waals surface area contributed by atoms with E-state index in [4.69, 9.17) is 10.8 Å². The molecule has 2 rings (SSSR count). The highest BCUT2D eigenvalue weighted by Gasteiger charge is 2.10. The fourth-order valence-corrected chi connectivity index (χ4v) is 1.55. The molecular formula is C13H13N3O2. The number of pyridine rings is 1. The van der Waals surface area contributed by atoms with E-state index in [2.05, 4.69) is 10.3 Å². The summed E-state index contributed by atoms with van der Waals surface area (Å²) in [6, 6.07) is 8.29. The Hall–Kier alpha value is -2.56. The number of hydrogen-bond donors (Lipinski definition) is 3. The van der Waals surface area contributed by atoms with E-state index in [-0.39, 0.29) is 5.56 Å². The van der Waals surface area contributed by atoms with Gasteiger partial charge in [0.2, 0.25) is 0 Å². The van der Waals surface area contributed by atoms with Crippen LogP contribution in [0.5, 0.6) is 0 Å². The van der Waals surface area contributed by atoms with Crippen molar-refractivity contribution in [1.29, 1.82) is 0 Å². The van der Waals surface area contributed by atoms with Crippen molar-refractivity contribution >= 4 is 23.0 Å². The van der Waals surface area contributed by atoms with Gasteiger partial charge in [0.15, 0.2) is 0 Å². The number of nitrogens with two attached hydrogens (primary N) is 1. The van der Waals surface area contributed by atoms with Gasteiger partial charge in [0.1, 0.15) is 0 Å². The summed E-state index contributed by atoms with van der Waals surface area (Å²) in [5, 5.41) is 12.1. The largest absolute Gasteiger partial charge is 0.478 e. The predicted molar refractivity (Wildman–Crippen MR) is 70.1 cm³/mol. The summed E-state index contributed by atoms with van der Waals surface area (Å²) in [7, 11) is 0. The Morgan fingerprint density at radius 2 is 2.11 bits per heavy atom. The van der Waals surface area contributed by atoms with E-state index >= 15 is 0 Å². The van der Waals surface area contributed by atoms with Crippen molar-refractivity contribution in [3.8, 4) is 0 Å². The molecule has 0 saturated heterocycles. The topological polar surface area (TPSA) is 88.2 Å². The lowest BCUT2D eigenvalue weighted by Crippen LogP contribution is -2.03. The second-order valence-electron chi connectivity index (χ2n) is 3.92. The monoisotopic (exact) mass is 243 g/mol. The Kier molecular flexibility index (Phi) is 3.14. The minimum Gasteiger partial charge on any atom is -0.478 e. The van der Waals surface area contributed by atoms with Crippen molar-refractivity contribution in [2.24, 2.45) is 0 Å². The number of nitrogens with one attached hydrogen (secondary N) is 1. The van der Waals surface area contributed by atoms with Crippen LogP contribution in [0.4, 0.5) is 17.1 Å². The number of anilines is 3. The first-order valence-electron chi connectivity index (χ1n) is 5.39.